The van der Waals surface area contributed by atoms with Gasteiger partial charge in [0.15, 0.2) is 0 Å². The van der Waals surface area contributed by atoms with Crippen LogP contribution in [0.25, 0.3) is 0 Å². The largest absolute Gasteiger partial charge is 0.444 e. The van der Waals surface area contributed by atoms with Crippen molar-refractivity contribution in [3.8, 4) is 0 Å². The molecule has 0 amide bonds. The first-order chi connectivity index (χ1) is 10.1. The lowest BCUT2D eigenvalue weighted by Crippen LogP contribution is -2.09. The molecule has 2 rings (SSSR count). The van der Waals surface area contributed by atoms with Gasteiger partial charge >= 0.3 is 5.69 Å². The van der Waals surface area contributed by atoms with Crippen molar-refractivity contribution in [2.45, 2.75) is 26.8 Å². The fourth-order valence-electron chi connectivity index (χ4n) is 1.63. The molecule has 0 aliphatic carbocycles. The number of nitro groups is 1. The van der Waals surface area contributed by atoms with Gasteiger partial charge in [-0.25, -0.2) is 9.97 Å². The highest BCUT2D eigenvalue weighted by molar-refractivity contribution is 5.56. The van der Waals surface area contributed by atoms with Crippen LogP contribution in [0.5, 0.6) is 0 Å². The molecule has 2 aromatic rings. The van der Waals surface area contributed by atoms with Crippen molar-refractivity contribution < 1.29 is 9.34 Å². The molecule has 9 heteroatoms. The minimum Gasteiger partial charge on any atom is -0.444 e. The van der Waals surface area contributed by atoms with E-state index in [4.69, 9.17) is 4.42 Å². The third-order valence-corrected chi connectivity index (χ3v) is 2.66. The molecular formula is C12H16N6O3. The zero-order valence-corrected chi connectivity index (χ0v) is 11.8. The minimum absolute atomic E-state index is 0.127. The summed E-state index contributed by atoms with van der Waals surface area (Å²) in [6, 6.07) is 0. The Morgan fingerprint density at radius 3 is 2.71 bits per heavy atom. The Labute approximate surface area is 121 Å². The first kappa shape index (κ1) is 14.7. The van der Waals surface area contributed by atoms with Crippen molar-refractivity contribution in [1.29, 1.82) is 0 Å². The summed E-state index contributed by atoms with van der Waals surface area (Å²) in [6.45, 7) is 4.67. The molecular weight excluding hydrogens is 276 g/mol. The van der Waals surface area contributed by atoms with Gasteiger partial charge in [-0.1, -0.05) is 6.92 Å². The van der Waals surface area contributed by atoms with E-state index in [-0.39, 0.29) is 18.1 Å². The van der Waals surface area contributed by atoms with Crippen LogP contribution in [0.3, 0.4) is 0 Å². The smallest absolute Gasteiger partial charge is 0.329 e. The third-order valence-electron chi connectivity index (χ3n) is 2.66. The maximum absolute atomic E-state index is 11.0. The van der Waals surface area contributed by atoms with E-state index >= 15 is 0 Å². The number of nitrogens with one attached hydrogen (secondary N) is 2. The SMILES string of the molecule is CCNc1ncc([N+](=O)[O-])c(NCc2ncc(CC)o2)n1. The summed E-state index contributed by atoms with van der Waals surface area (Å²) in [5, 5.41) is 16.7. The third kappa shape index (κ3) is 3.65. The molecule has 0 spiro atoms. The van der Waals surface area contributed by atoms with Crippen molar-refractivity contribution >= 4 is 17.5 Å². The van der Waals surface area contributed by atoms with Crippen molar-refractivity contribution in [2.75, 3.05) is 17.2 Å². The van der Waals surface area contributed by atoms with Gasteiger partial charge in [0, 0.05) is 13.0 Å². The van der Waals surface area contributed by atoms with Crippen LogP contribution in [0.2, 0.25) is 0 Å². The van der Waals surface area contributed by atoms with Gasteiger partial charge in [0.1, 0.15) is 12.0 Å². The summed E-state index contributed by atoms with van der Waals surface area (Å²) < 4.78 is 5.43. The zero-order chi connectivity index (χ0) is 15.2. The molecule has 0 radical (unpaired) electrons. The summed E-state index contributed by atoms with van der Waals surface area (Å²) in [5.41, 5.74) is -0.195. The Morgan fingerprint density at radius 1 is 1.29 bits per heavy atom. The predicted octanol–water partition coefficient (Wildman–Crippen LogP) is 1.98. The summed E-state index contributed by atoms with van der Waals surface area (Å²) >= 11 is 0. The molecule has 21 heavy (non-hydrogen) atoms. The average molecular weight is 292 g/mol. The molecule has 0 aliphatic rings. The second kappa shape index (κ2) is 6.64. The molecule has 0 saturated heterocycles. The Bertz CT molecular complexity index is 627. The standard InChI is InChI=1S/C12H16N6O3/c1-3-8-5-14-10(21-8)7-15-11-9(18(19)20)6-16-12(17-11)13-4-2/h5-6H,3-4,7H2,1-2H3,(H2,13,15,16,17). The van der Waals surface area contributed by atoms with Gasteiger partial charge in [0.05, 0.1) is 17.7 Å². The van der Waals surface area contributed by atoms with Gasteiger partial charge < -0.3 is 15.1 Å². The zero-order valence-electron chi connectivity index (χ0n) is 11.8. The molecule has 0 atom stereocenters. The van der Waals surface area contributed by atoms with Gasteiger partial charge in [-0.15, -0.1) is 0 Å². The van der Waals surface area contributed by atoms with Crippen LogP contribution >= 0.6 is 0 Å². The predicted molar refractivity (Wildman–Crippen MR) is 76.1 cm³/mol. The van der Waals surface area contributed by atoms with Crippen molar-refractivity contribution in [1.82, 2.24) is 15.0 Å². The monoisotopic (exact) mass is 292 g/mol. The van der Waals surface area contributed by atoms with Crippen LogP contribution in [0, 0.1) is 10.1 Å². The maximum atomic E-state index is 11.0. The highest BCUT2D eigenvalue weighted by atomic mass is 16.6. The summed E-state index contributed by atoms with van der Waals surface area (Å²) in [4.78, 5) is 22.5. The lowest BCUT2D eigenvalue weighted by Gasteiger charge is -2.06. The first-order valence-corrected chi connectivity index (χ1v) is 6.56. The molecule has 0 aliphatic heterocycles. The highest BCUT2D eigenvalue weighted by Gasteiger charge is 2.17. The highest BCUT2D eigenvalue weighted by Crippen LogP contribution is 2.22. The number of rotatable bonds is 7. The molecule has 0 aromatic carbocycles. The summed E-state index contributed by atoms with van der Waals surface area (Å²) in [6.07, 6.45) is 3.54. The molecule has 0 saturated carbocycles. The van der Waals surface area contributed by atoms with Crippen LogP contribution in [-0.2, 0) is 13.0 Å². The van der Waals surface area contributed by atoms with Gasteiger partial charge in [-0.3, -0.25) is 10.1 Å². The molecule has 9 nitrogen and oxygen atoms in total. The van der Waals surface area contributed by atoms with E-state index in [1.54, 1.807) is 6.20 Å². The normalized spacial score (nSPS) is 10.4. The summed E-state index contributed by atoms with van der Waals surface area (Å²) in [7, 11) is 0. The van der Waals surface area contributed by atoms with Crippen LogP contribution in [-0.4, -0.2) is 26.4 Å². The van der Waals surface area contributed by atoms with E-state index in [1.165, 1.54) is 6.20 Å². The first-order valence-electron chi connectivity index (χ1n) is 6.56. The van der Waals surface area contributed by atoms with Crippen LogP contribution < -0.4 is 10.6 Å². The van der Waals surface area contributed by atoms with Crippen molar-refractivity contribution in [3.63, 3.8) is 0 Å². The van der Waals surface area contributed by atoms with E-state index in [2.05, 4.69) is 25.6 Å². The van der Waals surface area contributed by atoms with E-state index in [9.17, 15) is 10.1 Å². The fourth-order valence-corrected chi connectivity index (χ4v) is 1.63. The Morgan fingerprint density at radius 2 is 2.10 bits per heavy atom. The molecule has 0 fully saturated rings. The Kier molecular flexibility index (Phi) is 4.64. The number of oxazole rings is 1. The number of aryl methyl sites for hydroxylation is 1. The number of hydrogen-bond donors (Lipinski definition) is 2. The molecule has 112 valence electrons. The van der Waals surface area contributed by atoms with E-state index in [0.717, 1.165) is 12.2 Å². The van der Waals surface area contributed by atoms with Gasteiger partial charge in [0.25, 0.3) is 0 Å². The second-order valence-electron chi connectivity index (χ2n) is 4.14. The maximum Gasteiger partial charge on any atom is 0.329 e. The fraction of sp³-hybridized carbons (Fsp3) is 0.417. The van der Waals surface area contributed by atoms with Crippen LogP contribution in [0.15, 0.2) is 16.8 Å². The quantitative estimate of drug-likeness (QED) is 0.587. The lowest BCUT2D eigenvalue weighted by atomic mass is 10.4. The molecule has 2 heterocycles. The molecule has 2 aromatic heterocycles. The number of hydrogen-bond acceptors (Lipinski definition) is 8. The number of anilines is 2. The number of nitrogens with zero attached hydrogens (tertiary/aromatic N) is 4. The van der Waals surface area contributed by atoms with Gasteiger partial charge in [0.2, 0.25) is 17.7 Å². The van der Waals surface area contributed by atoms with E-state index in [1.807, 2.05) is 13.8 Å². The van der Waals surface area contributed by atoms with Crippen molar-refractivity contribution in [2.24, 2.45) is 0 Å². The van der Waals surface area contributed by atoms with Gasteiger partial charge in [-0.05, 0) is 6.92 Å². The molecule has 0 unspecified atom stereocenters. The van der Waals surface area contributed by atoms with Crippen molar-refractivity contribution in [3.05, 3.63) is 34.2 Å². The minimum atomic E-state index is -0.537. The average Bonchev–Trinajstić information content (AvgIpc) is 2.93. The van der Waals surface area contributed by atoms with E-state index in [0.29, 0.717) is 18.4 Å². The summed E-state index contributed by atoms with van der Waals surface area (Å²) in [5.74, 6) is 1.66. The number of aromatic nitrogens is 3. The Hall–Kier alpha value is -2.71. The Balaban J connectivity index is 2.16. The van der Waals surface area contributed by atoms with Gasteiger partial charge in [-0.2, -0.15) is 4.98 Å². The molecule has 2 N–H and O–H groups in total. The molecule has 0 bridgehead atoms. The topological polar surface area (TPSA) is 119 Å². The van der Waals surface area contributed by atoms with Crippen LogP contribution in [0.1, 0.15) is 25.5 Å². The van der Waals surface area contributed by atoms with E-state index < -0.39 is 4.92 Å². The second-order valence-corrected chi connectivity index (χ2v) is 4.14. The van der Waals surface area contributed by atoms with Crippen LogP contribution in [0.4, 0.5) is 17.5 Å². The lowest BCUT2D eigenvalue weighted by molar-refractivity contribution is -0.384.